The highest BCUT2D eigenvalue weighted by Crippen LogP contribution is 2.16. The summed E-state index contributed by atoms with van der Waals surface area (Å²) in [7, 11) is 0. The van der Waals surface area contributed by atoms with Gasteiger partial charge in [0.15, 0.2) is 0 Å². The van der Waals surface area contributed by atoms with Crippen molar-refractivity contribution in [1.82, 2.24) is 19.9 Å². The van der Waals surface area contributed by atoms with Crippen molar-refractivity contribution in [1.29, 1.82) is 0 Å². The van der Waals surface area contributed by atoms with E-state index in [4.69, 9.17) is 4.98 Å². The minimum absolute atomic E-state index is 0.00246. The monoisotopic (exact) mass is 362 g/mol. The molecule has 2 aromatic heterocycles. The second kappa shape index (κ2) is 7.70. The molecule has 0 saturated carbocycles. The number of aryl methyl sites for hydroxylation is 1. The van der Waals surface area contributed by atoms with E-state index in [9.17, 15) is 9.59 Å². The van der Waals surface area contributed by atoms with Crippen LogP contribution in [0.2, 0.25) is 0 Å². The molecule has 4 rings (SSSR count). The Morgan fingerprint density at radius 1 is 1.11 bits per heavy atom. The van der Waals surface area contributed by atoms with Gasteiger partial charge in [-0.05, 0) is 43.2 Å². The third kappa shape index (κ3) is 3.74. The predicted octanol–water partition coefficient (Wildman–Crippen LogP) is 2.84. The lowest BCUT2D eigenvalue weighted by Crippen LogP contribution is -2.27. The summed E-state index contributed by atoms with van der Waals surface area (Å²) in [4.78, 5) is 34.2. The van der Waals surface area contributed by atoms with Gasteiger partial charge in [0.25, 0.3) is 11.5 Å². The molecule has 0 unspecified atom stereocenters. The number of amides is 1. The number of nitrogens with one attached hydrogen (secondary N) is 1. The Balaban J connectivity index is 1.62. The zero-order chi connectivity index (χ0) is 18.6. The number of benzene rings is 1. The summed E-state index contributed by atoms with van der Waals surface area (Å²) in [6.45, 7) is 1.08. The molecule has 1 N–H and O–H groups in total. The molecule has 3 heterocycles. The molecule has 0 saturated heterocycles. The second-order valence-electron chi connectivity index (χ2n) is 6.88. The molecular weight excluding hydrogens is 340 g/mol. The van der Waals surface area contributed by atoms with Crippen LogP contribution in [-0.2, 0) is 19.5 Å². The first-order valence-corrected chi connectivity index (χ1v) is 9.44. The van der Waals surface area contributed by atoms with Gasteiger partial charge in [-0.3, -0.25) is 19.1 Å². The number of aromatic nitrogens is 3. The van der Waals surface area contributed by atoms with E-state index in [2.05, 4.69) is 10.3 Å². The van der Waals surface area contributed by atoms with Crippen LogP contribution in [0.5, 0.6) is 0 Å². The first-order valence-electron chi connectivity index (χ1n) is 9.44. The number of hydrogen-bond acceptors (Lipinski definition) is 4. The third-order valence-corrected chi connectivity index (χ3v) is 4.98. The Bertz CT molecular complexity index is 1030. The number of pyridine rings is 1. The van der Waals surface area contributed by atoms with Gasteiger partial charge in [0, 0.05) is 24.7 Å². The summed E-state index contributed by atoms with van der Waals surface area (Å²) in [5.74, 6) is 0.634. The van der Waals surface area contributed by atoms with Gasteiger partial charge in [-0.15, -0.1) is 0 Å². The van der Waals surface area contributed by atoms with Crippen LogP contribution < -0.4 is 10.9 Å². The number of rotatable bonds is 3. The lowest BCUT2D eigenvalue weighted by atomic mass is 10.1. The minimum Gasteiger partial charge on any atom is -0.346 e. The number of hydrogen-bond donors (Lipinski definition) is 1. The summed E-state index contributed by atoms with van der Waals surface area (Å²) < 4.78 is 1.81. The van der Waals surface area contributed by atoms with Gasteiger partial charge in [-0.25, -0.2) is 4.98 Å². The Morgan fingerprint density at radius 3 is 2.85 bits per heavy atom. The molecule has 0 aliphatic carbocycles. The average Bonchev–Trinajstić information content (AvgIpc) is 2.68. The molecule has 138 valence electrons. The van der Waals surface area contributed by atoms with Gasteiger partial charge in [-0.2, -0.15) is 0 Å². The van der Waals surface area contributed by atoms with Crippen LogP contribution in [0.3, 0.4) is 0 Å². The van der Waals surface area contributed by atoms with Gasteiger partial charge in [0.05, 0.1) is 23.1 Å². The summed E-state index contributed by atoms with van der Waals surface area (Å²) in [6.07, 6.45) is 6.88. The fourth-order valence-electron chi connectivity index (χ4n) is 3.51. The maximum atomic E-state index is 12.8. The number of carbonyl (C=O) groups excluding carboxylic acids is 1. The molecule has 3 aromatic rings. The number of fused-ring (bicyclic) bond motifs is 2. The van der Waals surface area contributed by atoms with Crippen molar-refractivity contribution in [2.24, 2.45) is 0 Å². The van der Waals surface area contributed by atoms with E-state index in [0.29, 0.717) is 23.0 Å². The van der Waals surface area contributed by atoms with Crippen molar-refractivity contribution < 1.29 is 4.79 Å². The molecule has 1 aliphatic rings. The van der Waals surface area contributed by atoms with E-state index in [-0.39, 0.29) is 11.5 Å². The Labute approximate surface area is 157 Å². The van der Waals surface area contributed by atoms with E-state index < -0.39 is 0 Å². The van der Waals surface area contributed by atoms with E-state index in [0.717, 1.165) is 43.7 Å². The normalized spacial score (nSPS) is 14.2. The predicted molar refractivity (Wildman–Crippen MR) is 104 cm³/mol. The molecule has 27 heavy (non-hydrogen) atoms. The maximum Gasteiger partial charge on any atom is 0.261 e. The topological polar surface area (TPSA) is 76.9 Å². The average molecular weight is 362 g/mol. The van der Waals surface area contributed by atoms with Gasteiger partial charge >= 0.3 is 0 Å². The largest absolute Gasteiger partial charge is 0.346 e. The zero-order valence-corrected chi connectivity index (χ0v) is 15.1. The highest BCUT2D eigenvalue weighted by atomic mass is 16.1. The van der Waals surface area contributed by atoms with Crippen LogP contribution in [0, 0.1) is 0 Å². The maximum absolute atomic E-state index is 12.8. The van der Waals surface area contributed by atoms with Crippen LogP contribution in [0.1, 0.15) is 47.6 Å². The fraction of sp³-hybridized carbons (Fsp3) is 0.333. The third-order valence-electron chi connectivity index (χ3n) is 4.98. The number of nitrogens with zero attached hydrogens (tertiary/aromatic N) is 3. The van der Waals surface area contributed by atoms with Gasteiger partial charge in [0.1, 0.15) is 5.82 Å². The molecule has 0 atom stereocenters. The van der Waals surface area contributed by atoms with Crippen LogP contribution in [0.15, 0.2) is 47.4 Å². The molecule has 0 fully saturated rings. The number of carbonyl (C=O) groups is 1. The molecule has 1 aliphatic heterocycles. The summed E-state index contributed by atoms with van der Waals surface area (Å²) >= 11 is 0. The van der Waals surface area contributed by atoms with Crippen molar-refractivity contribution in [2.45, 2.75) is 45.2 Å². The molecule has 1 aromatic carbocycles. The lowest BCUT2D eigenvalue weighted by Gasteiger charge is -2.16. The van der Waals surface area contributed by atoms with Gasteiger partial charge in [-0.1, -0.05) is 18.9 Å². The van der Waals surface area contributed by atoms with Crippen molar-refractivity contribution in [2.75, 3.05) is 0 Å². The van der Waals surface area contributed by atoms with Crippen molar-refractivity contribution in [3.8, 4) is 0 Å². The van der Waals surface area contributed by atoms with Crippen LogP contribution in [0.25, 0.3) is 10.9 Å². The van der Waals surface area contributed by atoms with Crippen LogP contribution in [-0.4, -0.2) is 20.4 Å². The van der Waals surface area contributed by atoms with E-state index >= 15 is 0 Å². The van der Waals surface area contributed by atoms with E-state index in [1.54, 1.807) is 24.4 Å². The smallest absolute Gasteiger partial charge is 0.261 e. The first kappa shape index (κ1) is 17.4. The molecule has 0 bridgehead atoms. The Hall–Kier alpha value is -3.02. The first-order chi connectivity index (χ1) is 13.2. The molecule has 1 amide bonds. The molecule has 0 spiro atoms. The van der Waals surface area contributed by atoms with Crippen molar-refractivity contribution in [3.63, 3.8) is 0 Å². The Kier molecular flexibility index (Phi) is 4.96. The van der Waals surface area contributed by atoms with Gasteiger partial charge < -0.3 is 5.32 Å². The van der Waals surface area contributed by atoms with Crippen molar-refractivity contribution >= 4 is 16.8 Å². The highest BCUT2D eigenvalue weighted by molar-refractivity contribution is 5.97. The van der Waals surface area contributed by atoms with Crippen LogP contribution in [0.4, 0.5) is 0 Å². The van der Waals surface area contributed by atoms with E-state index in [1.165, 1.54) is 6.42 Å². The standard InChI is InChI=1S/C21H22N4O2/c26-20(23-14-16-7-4-5-11-22-16)15-9-10-17-18(13-15)24-19-8-3-1-2-6-12-25(19)21(17)27/h4-5,7,9-11,13H,1-3,6,8,12,14H2,(H,23,26). The molecule has 6 heteroatoms. The van der Waals surface area contributed by atoms with Gasteiger partial charge in [0.2, 0.25) is 0 Å². The summed E-state index contributed by atoms with van der Waals surface area (Å²) in [6, 6.07) is 10.7. The quantitative estimate of drug-likeness (QED) is 0.777. The SMILES string of the molecule is O=C(NCc1ccccn1)c1ccc2c(=O)n3c(nc2c1)CCCCCC3. The second-order valence-corrected chi connectivity index (χ2v) is 6.88. The fourth-order valence-corrected chi connectivity index (χ4v) is 3.51. The molecular formula is C21H22N4O2. The van der Waals surface area contributed by atoms with Crippen molar-refractivity contribution in [3.05, 3.63) is 70.0 Å². The lowest BCUT2D eigenvalue weighted by molar-refractivity contribution is 0.0950. The van der Waals surface area contributed by atoms with E-state index in [1.807, 2.05) is 22.8 Å². The van der Waals surface area contributed by atoms with Crippen LogP contribution >= 0.6 is 0 Å². The summed E-state index contributed by atoms with van der Waals surface area (Å²) in [5, 5.41) is 3.43. The Morgan fingerprint density at radius 2 is 2.00 bits per heavy atom. The summed E-state index contributed by atoms with van der Waals surface area (Å²) in [5.41, 5.74) is 1.89. The minimum atomic E-state index is -0.198. The molecule has 6 nitrogen and oxygen atoms in total. The molecule has 0 radical (unpaired) electrons. The zero-order valence-electron chi connectivity index (χ0n) is 15.1. The highest BCUT2D eigenvalue weighted by Gasteiger charge is 2.15.